The van der Waals surface area contributed by atoms with Crippen LogP contribution in [0.15, 0.2) is 42.6 Å². The molecular formula is C18H21N3O3. The number of ether oxygens (including phenoxy) is 1. The average Bonchev–Trinajstić information content (AvgIpc) is 2.48. The van der Waals surface area contributed by atoms with E-state index in [1.54, 1.807) is 57.3 Å². The van der Waals surface area contributed by atoms with Crippen LogP contribution in [-0.2, 0) is 4.74 Å². The van der Waals surface area contributed by atoms with Crippen LogP contribution in [-0.4, -0.2) is 22.6 Å². The van der Waals surface area contributed by atoms with E-state index in [0.29, 0.717) is 17.1 Å². The predicted octanol–water partition coefficient (Wildman–Crippen LogP) is 3.99. The van der Waals surface area contributed by atoms with Crippen molar-refractivity contribution in [3.8, 4) is 0 Å². The number of pyridine rings is 1. The molecule has 0 spiro atoms. The van der Waals surface area contributed by atoms with Crippen molar-refractivity contribution in [3.63, 3.8) is 0 Å². The van der Waals surface area contributed by atoms with Gasteiger partial charge in [-0.1, -0.05) is 12.1 Å². The van der Waals surface area contributed by atoms with E-state index in [9.17, 15) is 9.59 Å². The molecule has 24 heavy (non-hydrogen) atoms. The number of aromatic nitrogens is 1. The molecule has 2 rings (SSSR count). The molecular weight excluding hydrogens is 306 g/mol. The molecule has 0 saturated carbocycles. The minimum atomic E-state index is -0.588. The summed E-state index contributed by atoms with van der Waals surface area (Å²) in [7, 11) is 0. The smallest absolute Gasteiger partial charge is 0.412 e. The lowest BCUT2D eigenvalue weighted by Gasteiger charge is -2.19. The van der Waals surface area contributed by atoms with Gasteiger partial charge in [-0.3, -0.25) is 10.1 Å². The lowest BCUT2D eigenvalue weighted by Crippen LogP contribution is -2.27. The maximum Gasteiger partial charge on any atom is 0.412 e. The number of rotatable bonds is 3. The van der Waals surface area contributed by atoms with Gasteiger partial charge in [0, 0.05) is 17.4 Å². The number of hydrogen-bond acceptors (Lipinski definition) is 4. The Morgan fingerprint density at radius 3 is 2.50 bits per heavy atom. The molecule has 2 N–H and O–H groups in total. The van der Waals surface area contributed by atoms with Gasteiger partial charge in [0.2, 0.25) is 0 Å². The summed E-state index contributed by atoms with van der Waals surface area (Å²) in [5.74, 6) is 0.206. The molecule has 0 aliphatic rings. The second-order valence-electron chi connectivity index (χ2n) is 6.33. The van der Waals surface area contributed by atoms with Gasteiger partial charge in [0.25, 0.3) is 5.91 Å². The number of nitrogens with zero attached hydrogens (tertiary/aromatic N) is 1. The van der Waals surface area contributed by atoms with Crippen molar-refractivity contribution < 1.29 is 14.3 Å². The normalized spacial score (nSPS) is 10.8. The van der Waals surface area contributed by atoms with Crippen LogP contribution < -0.4 is 10.6 Å². The highest BCUT2D eigenvalue weighted by Gasteiger charge is 2.16. The van der Waals surface area contributed by atoms with Crippen molar-refractivity contribution >= 4 is 23.5 Å². The Kier molecular flexibility index (Phi) is 5.18. The first kappa shape index (κ1) is 17.5. The molecule has 1 heterocycles. The molecule has 0 unspecified atom stereocenters. The number of carbonyl (C=O) groups is 2. The number of hydrogen-bond donors (Lipinski definition) is 2. The fourth-order valence-electron chi connectivity index (χ4n) is 1.96. The number of carbonyl (C=O) groups excluding carboxylic acids is 2. The molecule has 0 radical (unpaired) electrons. The summed E-state index contributed by atoms with van der Waals surface area (Å²) >= 11 is 0. The SMILES string of the molecule is Cc1cccnc1NC(=O)c1cccc(NC(=O)OC(C)(C)C)c1. The summed E-state index contributed by atoms with van der Waals surface area (Å²) in [5, 5.41) is 5.36. The molecule has 126 valence electrons. The van der Waals surface area contributed by atoms with Crippen molar-refractivity contribution in [1.29, 1.82) is 0 Å². The Hall–Kier alpha value is -2.89. The topological polar surface area (TPSA) is 80.3 Å². The highest BCUT2D eigenvalue weighted by Crippen LogP contribution is 2.16. The molecule has 0 aliphatic heterocycles. The standard InChI is InChI=1S/C18H21N3O3/c1-12-7-6-10-19-15(12)21-16(22)13-8-5-9-14(11-13)20-17(23)24-18(2,3)4/h5-11H,1-4H3,(H,20,23)(H,19,21,22). The zero-order chi connectivity index (χ0) is 17.7. The molecule has 0 fully saturated rings. The Bertz CT molecular complexity index is 751. The predicted molar refractivity (Wildman–Crippen MR) is 93.2 cm³/mol. The first-order chi connectivity index (χ1) is 11.2. The van der Waals surface area contributed by atoms with Gasteiger partial charge in [0.05, 0.1) is 0 Å². The largest absolute Gasteiger partial charge is 0.444 e. The van der Waals surface area contributed by atoms with Crippen molar-refractivity contribution in [1.82, 2.24) is 4.98 Å². The average molecular weight is 327 g/mol. The minimum absolute atomic E-state index is 0.301. The fourth-order valence-corrected chi connectivity index (χ4v) is 1.96. The van der Waals surface area contributed by atoms with Crippen LogP contribution in [0.3, 0.4) is 0 Å². The van der Waals surface area contributed by atoms with E-state index in [1.165, 1.54) is 0 Å². The third kappa shape index (κ3) is 5.08. The van der Waals surface area contributed by atoms with E-state index in [0.717, 1.165) is 5.56 Å². The van der Waals surface area contributed by atoms with E-state index in [2.05, 4.69) is 15.6 Å². The summed E-state index contributed by atoms with van der Waals surface area (Å²) in [6.07, 6.45) is 1.05. The zero-order valence-corrected chi connectivity index (χ0v) is 14.2. The Labute approximate surface area is 141 Å². The van der Waals surface area contributed by atoms with Gasteiger partial charge in [-0.05, 0) is 57.5 Å². The molecule has 0 atom stereocenters. The van der Waals surface area contributed by atoms with Crippen LogP contribution in [0.1, 0.15) is 36.7 Å². The monoisotopic (exact) mass is 327 g/mol. The molecule has 0 bridgehead atoms. The van der Waals surface area contributed by atoms with Crippen LogP contribution in [0.5, 0.6) is 0 Å². The number of aryl methyl sites for hydroxylation is 1. The number of nitrogens with one attached hydrogen (secondary N) is 2. The van der Waals surface area contributed by atoms with Crippen LogP contribution in [0.25, 0.3) is 0 Å². The fraction of sp³-hybridized carbons (Fsp3) is 0.278. The Morgan fingerprint density at radius 2 is 1.83 bits per heavy atom. The van der Waals surface area contributed by atoms with Gasteiger partial charge < -0.3 is 10.1 Å². The van der Waals surface area contributed by atoms with E-state index in [-0.39, 0.29) is 5.91 Å². The first-order valence-electron chi connectivity index (χ1n) is 7.58. The molecule has 0 saturated heterocycles. The quantitative estimate of drug-likeness (QED) is 0.893. The maximum atomic E-state index is 12.3. The minimum Gasteiger partial charge on any atom is -0.444 e. The van der Waals surface area contributed by atoms with Gasteiger partial charge >= 0.3 is 6.09 Å². The van der Waals surface area contributed by atoms with Crippen molar-refractivity contribution in [2.75, 3.05) is 10.6 Å². The van der Waals surface area contributed by atoms with Gasteiger partial charge in [-0.15, -0.1) is 0 Å². The number of anilines is 2. The van der Waals surface area contributed by atoms with E-state index in [4.69, 9.17) is 4.74 Å². The van der Waals surface area contributed by atoms with Crippen molar-refractivity contribution in [2.24, 2.45) is 0 Å². The Balaban J connectivity index is 2.08. The van der Waals surface area contributed by atoms with Gasteiger partial charge in [0.1, 0.15) is 11.4 Å². The first-order valence-corrected chi connectivity index (χ1v) is 7.58. The van der Waals surface area contributed by atoms with E-state index in [1.807, 2.05) is 13.0 Å². The van der Waals surface area contributed by atoms with Gasteiger partial charge in [0.15, 0.2) is 0 Å². The molecule has 6 nitrogen and oxygen atoms in total. The molecule has 1 aromatic heterocycles. The maximum absolute atomic E-state index is 12.3. The van der Waals surface area contributed by atoms with Gasteiger partial charge in [-0.2, -0.15) is 0 Å². The van der Waals surface area contributed by atoms with E-state index >= 15 is 0 Å². The summed E-state index contributed by atoms with van der Waals surface area (Å²) in [6.45, 7) is 7.21. The highest BCUT2D eigenvalue weighted by atomic mass is 16.6. The molecule has 2 amide bonds. The van der Waals surface area contributed by atoms with Crippen LogP contribution in [0.2, 0.25) is 0 Å². The summed E-state index contributed by atoms with van der Waals surface area (Å²) < 4.78 is 5.19. The number of benzene rings is 1. The molecule has 6 heteroatoms. The lowest BCUT2D eigenvalue weighted by molar-refractivity contribution is 0.0635. The van der Waals surface area contributed by atoms with Crippen molar-refractivity contribution in [3.05, 3.63) is 53.7 Å². The zero-order valence-electron chi connectivity index (χ0n) is 14.2. The summed E-state index contributed by atoms with van der Waals surface area (Å²) in [6, 6.07) is 10.3. The second-order valence-corrected chi connectivity index (χ2v) is 6.33. The summed E-state index contributed by atoms with van der Waals surface area (Å²) in [5.41, 5.74) is 1.17. The highest BCUT2D eigenvalue weighted by molar-refractivity contribution is 6.05. The number of amides is 2. The molecule has 1 aromatic carbocycles. The molecule has 2 aromatic rings. The van der Waals surface area contributed by atoms with Gasteiger partial charge in [-0.25, -0.2) is 9.78 Å². The van der Waals surface area contributed by atoms with Crippen LogP contribution in [0.4, 0.5) is 16.3 Å². The third-order valence-corrected chi connectivity index (χ3v) is 3.01. The van der Waals surface area contributed by atoms with Crippen LogP contribution >= 0.6 is 0 Å². The lowest BCUT2D eigenvalue weighted by atomic mass is 10.2. The molecule has 0 aliphatic carbocycles. The van der Waals surface area contributed by atoms with Crippen molar-refractivity contribution in [2.45, 2.75) is 33.3 Å². The third-order valence-electron chi connectivity index (χ3n) is 3.01. The van der Waals surface area contributed by atoms with E-state index < -0.39 is 11.7 Å². The second kappa shape index (κ2) is 7.12. The Morgan fingerprint density at radius 1 is 1.08 bits per heavy atom. The van der Waals surface area contributed by atoms with Crippen LogP contribution in [0, 0.1) is 6.92 Å². The summed E-state index contributed by atoms with van der Waals surface area (Å²) in [4.78, 5) is 28.3.